The second-order valence-electron chi connectivity index (χ2n) is 8.30. The van der Waals surface area contributed by atoms with Crippen molar-refractivity contribution in [1.82, 2.24) is 15.3 Å². The average molecular weight is 545 g/mol. The van der Waals surface area contributed by atoms with E-state index in [2.05, 4.69) is 15.6 Å². The van der Waals surface area contributed by atoms with Gasteiger partial charge in [-0.1, -0.05) is 18.2 Å². The Labute approximate surface area is 214 Å². The number of anilines is 2. The summed E-state index contributed by atoms with van der Waals surface area (Å²) in [6.45, 7) is 0. The number of pyridine rings is 1. The fourth-order valence-corrected chi connectivity index (χ4v) is 4.43. The first-order chi connectivity index (χ1) is 18.4. The summed E-state index contributed by atoms with van der Waals surface area (Å²) in [5.41, 5.74) is -1.43. The SMILES string of the molecule is O=C=C1NC(=C=O)c2ccc(N3C=CC(C(=O)Nc4ccnc(C(F)(F)F)c4)N3C(F)(F)F)c3cccc1c23. The molecule has 1 atom stereocenters. The van der Waals surface area contributed by atoms with Crippen LogP contribution in [0.1, 0.15) is 16.8 Å². The second kappa shape index (κ2) is 9.14. The average Bonchev–Trinajstić information content (AvgIpc) is 3.35. The summed E-state index contributed by atoms with van der Waals surface area (Å²) in [5.74, 6) is 2.06. The fraction of sp³-hybridized carbons (Fsp3) is 0.120. The minimum Gasteiger partial charge on any atom is -0.336 e. The van der Waals surface area contributed by atoms with Crippen LogP contribution in [0.25, 0.3) is 22.2 Å². The van der Waals surface area contributed by atoms with Gasteiger partial charge in [-0.05, 0) is 30.3 Å². The number of hydrazine groups is 1. The van der Waals surface area contributed by atoms with Crippen LogP contribution in [-0.4, -0.2) is 40.1 Å². The predicted molar refractivity (Wildman–Crippen MR) is 126 cm³/mol. The lowest BCUT2D eigenvalue weighted by Crippen LogP contribution is -2.54. The van der Waals surface area contributed by atoms with E-state index in [-0.39, 0.29) is 44.0 Å². The van der Waals surface area contributed by atoms with Crippen molar-refractivity contribution in [3.63, 3.8) is 0 Å². The first kappa shape index (κ1) is 25.7. The van der Waals surface area contributed by atoms with Crippen LogP contribution in [0, 0.1) is 0 Å². The van der Waals surface area contributed by atoms with Gasteiger partial charge in [0, 0.05) is 40.0 Å². The van der Waals surface area contributed by atoms with E-state index in [4.69, 9.17) is 0 Å². The van der Waals surface area contributed by atoms with Crippen LogP contribution in [0.2, 0.25) is 0 Å². The summed E-state index contributed by atoms with van der Waals surface area (Å²) in [7, 11) is 0. The lowest BCUT2D eigenvalue weighted by atomic mass is 9.92. The van der Waals surface area contributed by atoms with Crippen LogP contribution in [0.4, 0.5) is 37.7 Å². The van der Waals surface area contributed by atoms with Crippen molar-refractivity contribution < 1.29 is 40.7 Å². The predicted octanol–water partition coefficient (Wildman–Crippen LogP) is 4.28. The van der Waals surface area contributed by atoms with Crippen LogP contribution in [-0.2, 0) is 20.6 Å². The standard InChI is InChI=1S/C25H13F6N5O3/c26-24(27,28)21-10-13(6-8-32-21)33-23(39)20-7-9-35(36(20)25(29,30)31)19-5-4-15-18(12-38)34-17(11-37)14-2-1-3-16(19)22(14)15/h1-10,20,34H,(H,32,33,39). The van der Waals surface area contributed by atoms with E-state index in [0.29, 0.717) is 11.1 Å². The molecule has 1 aromatic heterocycles. The third kappa shape index (κ3) is 4.42. The van der Waals surface area contributed by atoms with Crippen molar-refractivity contribution in [2.24, 2.45) is 0 Å². The Morgan fingerprint density at radius 1 is 0.974 bits per heavy atom. The summed E-state index contributed by atoms with van der Waals surface area (Å²) in [5, 5.41) is 5.61. The summed E-state index contributed by atoms with van der Waals surface area (Å²) < 4.78 is 81.9. The minimum absolute atomic E-state index is 0.0554. The highest BCUT2D eigenvalue weighted by Crippen LogP contribution is 2.42. The Kier molecular flexibility index (Phi) is 6.03. The number of hydrogen-bond donors (Lipinski definition) is 2. The molecule has 3 heterocycles. The minimum atomic E-state index is -5.12. The van der Waals surface area contributed by atoms with Crippen LogP contribution in [0.5, 0.6) is 0 Å². The molecule has 0 spiro atoms. The van der Waals surface area contributed by atoms with Crippen molar-refractivity contribution in [3.05, 3.63) is 77.8 Å². The second-order valence-corrected chi connectivity index (χ2v) is 8.30. The Balaban J connectivity index is 1.56. The topological polar surface area (TPSA) is 94.6 Å². The Morgan fingerprint density at radius 2 is 1.67 bits per heavy atom. The third-order valence-electron chi connectivity index (χ3n) is 6.01. The molecule has 2 aliphatic heterocycles. The van der Waals surface area contributed by atoms with Gasteiger partial charge >= 0.3 is 12.5 Å². The summed E-state index contributed by atoms with van der Waals surface area (Å²) in [6, 6.07) is 6.66. The molecule has 0 saturated carbocycles. The number of hydrogen-bond acceptors (Lipinski definition) is 7. The maximum atomic E-state index is 14.3. The van der Waals surface area contributed by atoms with Gasteiger partial charge in [0.15, 0.2) is 11.9 Å². The number of alkyl halides is 6. The van der Waals surface area contributed by atoms with Gasteiger partial charge in [-0.2, -0.15) is 26.3 Å². The molecule has 0 aliphatic carbocycles. The van der Waals surface area contributed by atoms with E-state index in [1.54, 1.807) is 11.9 Å². The molecule has 198 valence electrons. The fourth-order valence-electron chi connectivity index (χ4n) is 4.43. The van der Waals surface area contributed by atoms with Gasteiger partial charge in [-0.15, -0.1) is 5.01 Å². The quantitative estimate of drug-likeness (QED) is 0.288. The molecule has 0 radical (unpaired) electrons. The molecule has 2 aromatic carbocycles. The van der Waals surface area contributed by atoms with Crippen molar-refractivity contribution in [2.45, 2.75) is 18.5 Å². The Morgan fingerprint density at radius 3 is 2.31 bits per heavy atom. The lowest BCUT2D eigenvalue weighted by Gasteiger charge is -2.35. The highest BCUT2D eigenvalue weighted by Gasteiger charge is 2.50. The molecule has 8 nitrogen and oxygen atoms in total. The number of nitrogens with zero attached hydrogens (tertiary/aromatic N) is 3. The van der Waals surface area contributed by atoms with Gasteiger partial charge < -0.3 is 10.6 Å². The molecule has 1 unspecified atom stereocenters. The van der Waals surface area contributed by atoms with Crippen LogP contribution < -0.4 is 15.6 Å². The molecular weight excluding hydrogens is 532 g/mol. The normalized spacial score (nSPS) is 17.2. The largest absolute Gasteiger partial charge is 0.478 e. The van der Waals surface area contributed by atoms with Gasteiger partial charge in [-0.3, -0.25) is 14.8 Å². The summed E-state index contributed by atoms with van der Waals surface area (Å²) in [4.78, 5) is 39.0. The van der Waals surface area contributed by atoms with E-state index in [1.165, 1.54) is 30.3 Å². The number of halogens is 6. The molecule has 14 heteroatoms. The van der Waals surface area contributed by atoms with Gasteiger partial charge in [-0.25, -0.2) is 9.59 Å². The van der Waals surface area contributed by atoms with Crippen molar-refractivity contribution in [1.29, 1.82) is 0 Å². The molecule has 1 amide bonds. The molecule has 2 N–H and O–H groups in total. The number of amides is 1. The molecule has 2 aliphatic rings. The molecule has 39 heavy (non-hydrogen) atoms. The van der Waals surface area contributed by atoms with Crippen molar-refractivity contribution in [2.75, 3.05) is 10.3 Å². The molecule has 0 bridgehead atoms. The summed E-state index contributed by atoms with van der Waals surface area (Å²) in [6.07, 6.45) is -7.26. The molecular formula is C25H13F6N5O3. The van der Waals surface area contributed by atoms with E-state index < -0.39 is 35.8 Å². The first-order valence-electron chi connectivity index (χ1n) is 11.0. The lowest BCUT2D eigenvalue weighted by molar-refractivity contribution is -0.250. The molecule has 3 aromatic rings. The zero-order valence-corrected chi connectivity index (χ0v) is 19.2. The van der Waals surface area contributed by atoms with E-state index in [9.17, 15) is 40.7 Å². The Hall–Kier alpha value is -4.90. The van der Waals surface area contributed by atoms with E-state index in [1.807, 2.05) is 0 Å². The zero-order valence-electron chi connectivity index (χ0n) is 19.2. The number of benzene rings is 2. The first-order valence-corrected chi connectivity index (χ1v) is 11.0. The number of aromatic nitrogens is 1. The number of nitrogens with one attached hydrogen (secondary N) is 2. The maximum absolute atomic E-state index is 14.3. The molecule has 5 rings (SSSR count). The van der Waals surface area contributed by atoms with E-state index in [0.717, 1.165) is 24.5 Å². The van der Waals surface area contributed by atoms with Crippen LogP contribution in [0.3, 0.4) is 0 Å². The molecule has 0 fully saturated rings. The van der Waals surface area contributed by atoms with Crippen LogP contribution in [0.15, 0.2) is 60.9 Å². The number of carbonyl (C=O) groups excluding carboxylic acids is 3. The van der Waals surface area contributed by atoms with Crippen molar-refractivity contribution >= 4 is 51.3 Å². The van der Waals surface area contributed by atoms with Crippen molar-refractivity contribution in [3.8, 4) is 0 Å². The number of rotatable bonds is 3. The van der Waals surface area contributed by atoms with Gasteiger partial charge in [0.1, 0.15) is 23.1 Å². The summed E-state index contributed by atoms with van der Waals surface area (Å²) >= 11 is 0. The van der Waals surface area contributed by atoms with Gasteiger partial charge in [0.25, 0.3) is 0 Å². The zero-order chi connectivity index (χ0) is 28.1. The number of carbonyl (C=O) groups is 1. The van der Waals surface area contributed by atoms with E-state index >= 15 is 0 Å². The van der Waals surface area contributed by atoms with Gasteiger partial charge in [0.05, 0.1) is 5.69 Å². The Bertz CT molecular complexity index is 1620. The van der Waals surface area contributed by atoms with Gasteiger partial charge in [0.2, 0.25) is 5.91 Å². The third-order valence-corrected chi connectivity index (χ3v) is 6.01. The highest BCUT2D eigenvalue weighted by molar-refractivity contribution is 6.16. The monoisotopic (exact) mass is 545 g/mol. The highest BCUT2D eigenvalue weighted by atomic mass is 19.4. The van der Waals surface area contributed by atoms with Crippen LogP contribution >= 0.6 is 0 Å². The maximum Gasteiger partial charge on any atom is 0.478 e. The smallest absolute Gasteiger partial charge is 0.336 e. The molecule has 0 saturated heterocycles.